The summed E-state index contributed by atoms with van der Waals surface area (Å²) in [6.07, 6.45) is 1.88. The van der Waals surface area contributed by atoms with Gasteiger partial charge in [0.05, 0.1) is 29.7 Å². The van der Waals surface area contributed by atoms with Crippen LogP contribution in [-0.4, -0.2) is 27.4 Å². The van der Waals surface area contributed by atoms with Crippen molar-refractivity contribution >= 4 is 23.1 Å². The molecule has 1 unspecified atom stereocenters. The summed E-state index contributed by atoms with van der Waals surface area (Å²) in [5.74, 6) is -0.00131. The van der Waals surface area contributed by atoms with Gasteiger partial charge in [0.1, 0.15) is 11.5 Å². The lowest BCUT2D eigenvalue weighted by Crippen LogP contribution is -2.28. The zero-order chi connectivity index (χ0) is 24.9. The Morgan fingerprint density at radius 3 is 2.41 bits per heavy atom. The molecule has 1 amide bonds. The van der Waals surface area contributed by atoms with Crippen molar-refractivity contribution in [1.82, 2.24) is 20.3 Å². The molecule has 10 heteroatoms. The van der Waals surface area contributed by atoms with E-state index in [9.17, 15) is 18.0 Å². The molecule has 0 aliphatic carbocycles. The van der Waals surface area contributed by atoms with E-state index in [0.29, 0.717) is 23.7 Å². The predicted molar refractivity (Wildman–Crippen MR) is 125 cm³/mol. The molecular weight excluding hydrogens is 445 g/mol. The molecule has 178 valence electrons. The maximum atomic E-state index is 12.7. The van der Waals surface area contributed by atoms with Crippen LogP contribution in [0.25, 0.3) is 0 Å². The number of rotatable bonds is 8. The highest BCUT2D eigenvalue weighted by Crippen LogP contribution is 2.30. The van der Waals surface area contributed by atoms with Crippen LogP contribution in [0.5, 0.6) is 0 Å². The second-order valence-corrected chi connectivity index (χ2v) is 7.55. The normalized spacial score (nSPS) is 12.1. The molecule has 2 heterocycles. The summed E-state index contributed by atoms with van der Waals surface area (Å²) in [6.45, 7) is 10.2. The lowest BCUT2D eigenvalue weighted by Gasteiger charge is -2.21. The Morgan fingerprint density at radius 1 is 1.15 bits per heavy atom. The summed E-state index contributed by atoms with van der Waals surface area (Å²) in [5, 5.41) is 5.75. The number of amides is 1. The molecule has 0 saturated heterocycles. The zero-order valence-electron chi connectivity index (χ0n) is 19.0. The number of hydrogen-bond donors (Lipinski definition) is 2. The molecule has 0 radical (unpaired) electrons. The summed E-state index contributed by atoms with van der Waals surface area (Å²) >= 11 is 0. The number of carbonyl (C=O) groups is 1. The van der Waals surface area contributed by atoms with E-state index in [1.54, 1.807) is 25.4 Å². The van der Waals surface area contributed by atoms with Crippen LogP contribution in [0.4, 0.5) is 30.4 Å². The lowest BCUT2D eigenvalue weighted by atomic mass is 10.2. The van der Waals surface area contributed by atoms with Crippen LogP contribution in [0, 0.1) is 6.92 Å². The van der Waals surface area contributed by atoms with Crippen molar-refractivity contribution in [3.05, 3.63) is 84.2 Å². The first-order valence-corrected chi connectivity index (χ1v) is 10.5. The third-order valence-electron chi connectivity index (χ3n) is 5.13. The van der Waals surface area contributed by atoms with Crippen LogP contribution in [-0.2, 0) is 6.18 Å². The Balaban J connectivity index is 1.66. The first-order chi connectivity index (χ1) is 16.1. The van der Waals surface area contributed by atoms with Crippen molar-refractivity contribution < 1.29 is 18.0 Å². The fraction of sp³-hybridized carbons (Fsp3) is 0.250. The molecule has 3 aromatic rings. The molecule has 3 rings (SSSR count). The number of nitrogens with one attached hydrogen (secondary N) is 2. The second kappa shape index (κ2) is 10.3. The smallest absolute Gasteiger partial charge is 0.349 e. The SMILES string of the molecule is C=CN(CC)c1cc(C(=O)NC(C)c2cnc(Nc3ccc(C(F)(F)F)cc3)cn2)ncc1C. The third kappa shape index (κ3) is 5.89. The van der Waals surface area contributed by atoms with Gasteiger partial charge in [-0.1, -0.05) is 6.58 Å². The molecule has 0 fully saturated rings. The fourth-order valence-electron chi connectivity index (χ4n) is 3.21. The standard InChI is InChI=1S/C24H25F3N6O/c1-5-33(6-2)21-11-19(28-12-15(21)3)23(34)31-16(4)20-13-30-22(14-29-20)32-18-9-7-17(8-10-18)24(25,26)27/h5,7-14,16H,1,6H2,2-4H3,(H,30,32)(H,31,34). The number of carbonyl (C=O) groups excluding carboxylic acids is 1. The van der Waals surface area contributed by atoms with E-state index in [1.807, 2.05) is 18.7 Å². The Labute approximate surface area is 195 Å². The first-order valence-electron chi connectivity index (χ1n) is 10.5. The van der Waals surface area contributed by atoms with Crippen LogP contribution in [0.15, 0.2) is 61.7 Å². The van der Waals surface area contributed by atoms with Gasteiger partial charge in [-0.3, -0.25) is 14.8 Å². The van der Waals surface area contributed by atoms with Gasteiger partial charge in [0.25, 0.3) is 5.91 Å². The number of benzene rings is 1. The van der Waals surface area contributed by atoms with Crippen molar-refractivity contribution in [3.63, 3.8) is 0 Å². The number of hydrogen-bond acceptors (Lipinski definition) is 6. The van der Waals surface area contributed by atoms with Crippen molar-refractivity contribution in [2.45, 2.75) is 33.0 Å². The minimum absolute atomic E-state index is 0.265. The van der Waals surface area contributed by atoms with Crippen LogP contribution in [0.1, 0.15) is 47.2 Å². The van der Waals surface area contributed by atoms with Gasteiger partial charge in [-0.15, -0.1) is 0 Å². The zero-order valence-corrected chi connectivity index (χ0v) is 19.0. The summed E-state index contributed by atoms with van der Waals surface area (Å²) in [6, 6.07) is 5.87. The molecule has 0 saturated carbocycles. The molecular formula is C24H25F3N6O. The largest absolute Gasteiger partial charge is 0.416 e. The van der Waals surface area contributed by atoms with E-state index < -0.39 is 17.8 Å². The number of aryl methyl sites for hydroxylation is 1. The molecule has 0 spiro atoms. The van der Waals surface area contributed by atoms with Gasteiger partial charge < -0.3 is 15.5 Å². The molecule has 0 aliphatic rings. The van der Waals surface area contributed by atoms with E-state index >= 15 is 0 Å². The summed E-state index contributed by atoms with van der Waals surface area (Å²) < 4.78 is 38.1. The molecule has 1 aromatic carbocycles. The molecule has 1 atom stereocenters. The number of aromatic nitrogens is 3. The van der Waals surface area contributed by atoms with Gasteiger partial charge in [0, 0.05) is 24.1 Å². The van der Waals surface area contributed by atoms with Crippen LogP contribution < -0.4 is 15.5 Å². The Kier molecular flexibility index (Phi) is 7.50. The average molecular weight is 470 g/mol. The third-order valence-corrected chi connectivity index (χ3v) is 5.13. The molecule has 0 bridgehead atoms. The number of nitrogens with zero attached hydrogens (tertiary/aromatic N) is 4. The summed E-state index contributed by atoms with van der Waals surface area (Å²) in [7, 11) is 0. The van der Waals surface area contributed by atoms with Crippen LogP contribution in [0.3, 0.4) is 0 Å². The van der Waals surface area contributed by atoms with Gasteiger partial charge in [-0.2, -0.15) is 13.2 Å². The second-order valence-electron chi connectivity index (χ2n) is 7.55. The van der Waals surface area contributed by atoms with E-state index in [2.05, 4.69) is 32.2 Å². The topological polar surface area (TPSA) is 83.0 Å². The van der Waals surface area contributed by atoms with Crippen molar-refractivity contribution in [3.8, 4) is 0 Å². The Bertz CT molecular complexity index is 1150. The quantitative estimate of drug-likeness (QED) is 0.459. The van der Waals surface area contributed by atoms with Gasteiger partial charge in [0.15, 0.2) is 0 Å². The van der Waals surface area contributed by atoms with Crippen molar-refractivity contribution in [2.24, 2.45) is 0 Å². The number of pyridine rings is 1. The van der Waals surface area contributed by atoms with E-state index in [-0.39, 0.29) is 11.6 Å². The highest BCUT2D eigenvalue weighted by atomic mass is 19.4. The van der Waals surface area contributed by atoms with E-state index in [1.165, 1.54) is 24.5 Å². The minimum atomic E-state index is -4.39. The monoisotopic (exact) mass is 470 g/mol. The lowest BCUT2D eigenvalue weighted by molar-refractivity contribution is -0.137. The van der Waals surface area contributed by atoms with Gasteiger partial charge in [0.2, 0.25) is 0 Å². The summed E-state index contributed by atoms with van der Waals surface area (Å²) in [4.78, 5) is 27.4. The average Bonchev–Trinajstić information content (AvgIpc) is 2.81. The van der Waals surface area contributed by atoms with Gasteiger partial charge in [-0.25, -0.2) is 4.98 Å². The number of halogens is 3. The van der Waals surface area contributed by atoms with Crippen LogP contribution >= 0.6 is 0 Å². The first kappa shape index (κ1) is 24.7. The molecule has 2 N–H and O–H groups in total. The highest BCUT2D eigenvalue weighted by Gasteiger charge is 2.29. The number of alkyl halides is 3. The van der Waals surface area contributed by atoms with E-state index in [0.717, 1.165) is 23.4 Å². The maximum absolute atomic E-state index is 12.7. The summed E-state index contributed by atoms with van der Waals surface area (Å²) in [5.41, 5.74) is 2.27. The highest BCUT2D eigenvalue weighted by molar-refractivity contribution is 5.93. The maximum Gasteiger partial charge on any atom is 0.416 e. The molecule has 34 heavy (non-hydrogen) atoms. The Hall–Kier alpha value is -3.95. The van der Waals surface area contributed by atoms with Gasteiger partial charge >= 0.3 is 6.18 Å². The van der Waals surface area contributed by atoms with E-state index in [4.69, 9.17) is 0 Å². The minimum Gasteiger partial charge on any atom is -0.349 e. The molecule has 7 nitrogen and oxygen atoms in total. The van der Waals surface area contributed by atoms with Crippen molar-refractivity contribution in [2.75, 3.05) is 16.8 Å². The number of anilines is 3. The molecule has 0 aliphatic heterocycles. The molecule has 2 aromatic heterocycles. The predicted octanol–water partition coefficient (Wildman–Crippen LogP) is 5.40. The van der Waals surface area contributed by atoms with Gasteiger partial charge in [-0.05, 0) is 62.9 Å². The fourth-order valence-corrected chi connectivity index (χ4v) is 3.21. The van der Waals surface area contributed by atoms with Crippen LogP contribution in [0.2, 0.25) is 0 Å². The van der Waals surface area contributed by atoms with Crippen molar-refractivity contribution in [1.29, 1.82) is 0 Å². The Morgan fingerprint density at radius 2 is 1.85 bits per heavy atom.